The van der Waals surface area contributed by atoms with Gasteiger partial charge in [0.1, 0.15) is 5.25 Å². The van der Waals surface area contributed by atoms with Crippen molar-refractivity contribution in [1.82, 2.24) is 25.5 Å². The number of hydrogen-bond donors (Lipinski definition) is 3. The molecule has 1 fully saturated rings. The van der Waals surface area contributed by atoms with Gasteiger partial charge in [-0.3, -0.25) is 0 Å². The summed E-state index contributed by atoms with van der Waals surface area (Å²) in [6.45, 7) is 4.20. The second kappa shape index (κ2) is 12.0. The first-order valence-electron chi connectivity index (χ1n) is 12.5. The second-order valence-corrected chi connectivity index (χ2v) is 11.1. The van der Waals surface area contributed by atoms with E-state index in [9.17, 15) is 4.55 Å². The van der Waals surface area contributed by atoms with Gasteiger partial charge in [0, 0.05) is 43.3 Å². The molecule has 0 bridgehead atoms. The summed E-state index contributed by atoms with van der Waals surface area (Å²) in [5, 5.41) is 20.8. The predicted molar refractivity (Wildman–Crippen MR) is 144 cm³/mol. The van der Waals surface area contributed by atoms with E-state index >= 15 is 0 Å². The monoisotopic (exact) mass is 534 g/mol. The number of anilines is 1. The molecular weight excluding hydrogens is 504 g/mol. The summed E-state index contributed by atoms with van der Waals surface area (Å²) in [4.78, 5) is 9.59. The number of ether oxygens (including phenoxy) is 1. The van der Waals surface area contributed by atoms with Crippen molar-refractivity contribution in [1.29, 1.82) is 0 Å². The molecule has 0 aliphatic carbocycles. The van der Waals surface area contributed by atoms with Crippen LogP contribution in [0.25, 0.3) is 34.3 Å². The summed E-state index contributed by atoms with van der Waals surface area (Å²) < 4.78 is 23.9. The molecule has 198 valence electrons. The van der Waals surface area contributed by atoms with Crippen molar-refractivity contribution in [2.24, 2.45) is 0 Å². The molecule has 4 aromatic rings. The van der Waals surface area contributed by atoms with Crippen LogP contribution in [0.5, 0.6) is 0 Å². The van der Waals surface area contributed by atoms with E-state index < -0.39 is 11.2 Å². The van der Waals surface area contributed by atoms with Gasteiger partial charge >= 0.3 is 0 Å². The molecule has 5 rings (SSSR count). The van der Waals surface area contributed by atoms with Crippen molar-refractivity contribution in [3.63, 3.8) is 0 Å². The minimum Gasteiger partial charge on any atom is -0.611 e. The van der Waals surface area contributed by atoms with Gasteiger partial charge in [0.05, 0.1) is 18.5 Å². The first-order chi connectivity index (χ1) is 18.5. The van der Waals surface area contributed by atoms with Gasteiger partial charge in [-0.25, -0.2) is 9.97 Å². The number of nitrogens with two attached hydrogens (primary N) is 1. The van der Waals surface area contributed by atoms with Gasteiger partial charge in [0.2, 0.25) is 5.89 Å². The highest BCUT2D eigenvalue weighted by Gasteiger charge is 2.21. The van der Waals surface area contributed by atoms with E-state index in [-0.39, 0.29) is 23.6 Å². The number of nitrogens with one attached hydrogen (secondary N) is 1. The lowest BCUT2D eigenvalue weighted by Crippen LogP contribution is -2.28. The van der Waals surface area contributed by atoms with Gasteiger partial charge in [-0.2, -0.15) is 0 Å². The predicted octanol–water partition coefficient (Wildman–Crippen LogP) is 3.20. The molecule has 1 saturated heterocycles. The van der Waals surface area contributed by atoms with Gasteiger partial charge < -0.3 is 29.9 Å². The third-order valence-electron chi connectivity index (χ3n) is 6.44. The summed E-state index contributed by atoms with van der Waals surface area (Å²) in [7, 11) is 0. The third kappa shape index (κ3) is 6.03. The Kier molecular flexibility index (Phi) is 8.30. The van der Waals surface area contributed by atoms with Crippen LogP contribution in [-0.4, -0.2) is 60.9 Å². The van der Waals surface area contributed by atoms with Crippen molar-refractivity contribution < 1.29 is 18.8 Å². The molecule has 3 heterocycles. The Morgan fingerprint density at radius 2 is 1.84 bits per heavy atom. The minimum atomic E-state index is -1.21. The molecule has 1 aliphatic rings. The third-order valence-corrected chi connectivity index (χ3v) is 8.14. The maximum atomic E-state index is 12.6. The Labute approximate surface area is 223 Å². The lowest BCUT2D eigenvalue weighted by molar-refractivity contribution is 0.190. The van der Waals surface area contributed by atoms with E-state index in [0.29, 0.717) is 34.6 Å². The maximum absolute atomic E-state index is 12.6. The van der Waals surface area contributed by atoms with E-state index in [1.807, 2.05) is 43.3 Å². The molecule has 38 heavy (non-hydrogen) atoms. The Morgan fingerprint density at radius 1 is 1.11 bits per heavy atom. The summed E-state index contributed by atoms with van der Waals surface area (Å²) in [6.07, 6.45) is 3.08. The molecule has 11 heteroatoms. The molecule has 0 spiro atoms. The summed E-state index contributed by atoms with van der Waals surface area (Å²) in [5.41, 5.74) is 9.69. The number of hydrogen-bond acceptors (Lipinski definition) is 10. The van der Waals surface area contributed by atoms with Gasteiger partial charge in [-0.15, -0.1) is 10.2 Å². The number of benzene rings is 2. The SMILES string of the molecule is CC(CCO)[S+]([O-])c1ccc(-c2cnc(N)c(-c3nnc(-c4ccc(CNC5CCOC5)cc4)o3)n2)cc1. The van der Waals surface area contributed by atoms with Crippen LogP contribution in [0.3, 0.4) is 0 Å². The summed E-state index contributed by atoms with van der Waals surface area (Å²) in [6, 6.07) is 15.6. The van der Waals surface area contributed by atoms with Crippen LogP contribution in [0.1, 0.15) is 25.3 Å². The van der Waals surface area contributed by atoms with E-state index in [0.717, 1.165) is 42.9 Å². The standard InChI is InChI=1S/C27H30N6O4S/c1-17(10-12-34)38(35)22-8-6-19(7-9-22)23-15-30-25(28)24(31-23)27-33-32-26(37-27)20-4-2-18(3-5-20)14-29-21-11-13-36-16-21/h2-9,15,17,21,29,34H,10-14,16H2,1H3,(H2,28,30). The summed E-state index contributed by atoms with van der Waals surface area (Å²) >= 11 is -1.21. The Balaban J connectivity index is 1.30. The van der Waals surface area contributed by atoms with Crippen LogP contribution in [0, 0.1) is 0 Å². The fraction of sp³-hybridized carbons (Fsp3) is 0.333. The van der Waals surface area contributed by atoms with Crippen molar-refractivity contribution in [2.45, 2.75) is 42.5 Å². The molecule has 4 N–H and O–H groups in total. The minimum absolute atomic E-state index is 0.00550. The molecule has 2 aromatic heterocycles. The molecule has 0 saturated carbocycles. The largest absolute Gasteiger partial charge is 0.611 e. The lowest BCUT2D eigenvalue weighted by atomic mass is 10.1. The van der Waals surface area contributed by atoms with Gasteiger partial charge in [-0.05, 0) is 66.5 Å². The highest BCUT2D eigenvalue weighted by atomic mass is 32.2. The Bertz CT molecular complexity index is 1340. The highest BCUT2D eigenvalue weighted by molar-refractivity contribution is 7.92. The zero-order valence-corrected chi connectivity index (χ0v) is 21.9. The fourth-order valence-electron chi connectivity index (χ4n) is 4.13. The second-order valence-electron chi connectivity index (χ2n) is 9.18. The normalized spacial score (nSPS) is 17.0. The van der Waals surface area contributed by atoms with Crippen LogP contribution in [0.2, 0.25) is 0 Å². The zero-order chi connectivity index (χ0) is 26.5. The Morgan fingerprint density at radius 3 is 2.55 bits per heavy atom. The number of aromatic nitrogens is 4. The number of aliphatic hydroxyl groups excluding tert-OH is 1. The first kappa shape index (κ1) is 26.3. The quantitative estimate of drug-likeness (QED) is 0.258. The average Bonchev–Trinajstić information content (AvgIpc) is 3.65. The smallest absolute Gasteiger partial charge is 0.270 e. The van der Waals surface area contributed by atoms with E-state index in [1.54, 1.807) is 18.3 Å². The van der Waals surface area contributed by atoms with Crippen molar-refractivity contribution in [2.75, 3.05) is 25.6 Å². The fourth-order valence-corrected chi connectivity index (χ4v) is 5.32. The van der Waals surface area contributed by atoms with Crippen LogP contribution in [0.15, 0.2) is 64.0 Å². The van der Waals surface area contributed by atoms with E-state index in [2.05, 4.69) is 25.5 Å². The maximum Gasteiger partial charge on any atom is 0.270 e. The Hall–Kier alpha value is -3.35. The van der Waals surface area contributed by atoms with E-state index in [4.69, 9.17) is 20.0 Å². The van der Waals surface area contributed by atoms with Crippen LogP contribution >= 0.6 is 0 Å². The zero-order valence-electron chi connectivity index (χ0n) is 21.0. The lowest BCUT2D eigenvalue weighted by Gasteiger charge is -2.17. The molecule has 3 unspecified atom stereocenters. The van der Waals surface area contributed by atoms with Crippen molar-refractivity contribution in [3.8, 4) is 34.3 Å². The molecular formula is C27H30N6O4S. The molecule has 10 nitrogen and oxygen atoms in total. The van der Waals surface area contributed by atoms with E-state index in [1.165, 1.54) is 0 Å². The summed E-state index contributed by atoms with van der Waals surface area (Å²) in [5.74, 6) is 0.713. The number of nitrogen functional groups attached to an aromatic ring is 1. The highest BCUT2D eigenvalue weighted by Crippen LogP contribution is 2.29. The molecule has 1 aliphatic heterocycles. The van der Waals surface area contributed by atoms with Crippen LogP contribution in [-0.2, 0) is 22.5 Å². The molecule has 3 atom stereocenters. The van der Waals surface area contributed by atoms with Crippen molar-refractivity contribution >= 4 is 17.0 Å². The first-order valence-corrected chi connectivity index (χ1v) is 13.7. The average molecular weight is 535 g/mol. The topological polar surface area (TPSA) is 155 Å². The van der Waals surface area contributed by atoms with Gasteiger partial charge in [0.15, 0.2) is 16.4 Å². The molecule has 0 radical (unpaired) electrons. The number of nitrogens with zero attached hydrogens (tertiary/aromatic N) is 4. The number of aliphatic hydroxyl groups is 1. The van der Waals surface area contributed by atoms with Gasteiger partial charge in [-0.1, -0.05) is 12.1 Å². The van der Waals surface area contributed by atoms with Crippen LogP contribution in [0.4, 0.5) is 5.82 Å². The number of rotatable bonds is 10. The molecule has 2 aromatic carbocycles. The van der Waals surface area contributed by atoms with Gasteiger partial charge in [0.25, 0.3) is 5.89 Å². The molecule has 0 amide bonds. The van der Waals surface area contributed by atoms with Crippen molar-refractivity contribution in [3.05, 3.63) is 60.3 Å². The van der Waals surface area contributed by atoms with Crippen LogP contribution < -0.4 is 11.1 Å².